The third-order valence-corrected chi connectivity index (χ3v) is 8.60. The summed E-state index contributed by atoms with van der Waals surface area (Å²) in [7, 11) is 1.05. The maximum atomic E-state index is 6.01. The molecule has 0 aliphatic carbocycles. The van der Waals surface area contributed by atoms with E-state index in [9.17, 15) is 0 Å². The van der Waals surface area contributed by atoms with E-state index < -0.39 is 8.07 Å². The van der Waals surface area contributed by atoms with Crippen LogP contribution in [-0.4, -0.2) is 56.0 Å². The molecule has 33 heavy (non-hydrogen) atoms. The number of rotatable bonds is 9. The van der Waals surface area contributed by atoms with E-state index in [1.807, 2.05) is 6.20 Å². The fraction of sp³-hybridized carbons (Fsp3) is 0.519. The smallest absolute Gasteiger partial charge is 0.142 e. The van der Waals surface area contributed by atoms with Crippen molar-refractivity contribution in [1.29, 1.82) is 0 Å². The number of hydrogen-bond donors (Lipinski definition) is 0. The van der Waals surface area contributed by atoms with Crippen molar-refractivity contribution in [2.24, 2.45) is 5.92 Å². The molecule has 0 radical (unpaired) electrons. The molecule has 1 aliphatic heterocycles. The summed E-state index contributed by atoms with van der Waals surface area (Å²) in [5, 5.41) is 1.21. The standard InChI is InChI=1S/C27H40N4OSi/c1-22-12-15-30(19-23-9-7-6-8-10-23)20-26(22)31-16-13-24-25(11-14-28-27(24)31)29(2)21-32-17-18-33(3,4)5/h6-11,13-14,16,22,26H,12,15,17-21H2,1-5H3/t22-,26+/m1/s1. The first-order valence-electron chi connectivity index (χ1n) is 12.3. The molecule has 2 aromatic heterocycles. The molecular formula is C27H40N4OSi. The normalized spacial score (nSPS) is 19.8. The van der Waals surface area contributed by atoms with Crippen LogP contribution in [0.1, 0.15) is 24.9 Å². The van der Waals surface area contributed by atoms with Crippen molar-refractivity contribution < 1.29 is 4.74 Å². The van der Waals surface area contributed by atoms with E-state index in [0.717, 1.165) is 31.9 Å². The minimum atomic E-state index is -1.07. The van der Waals surface area contributed by atoms with Crippen molar-refractivity contribution in [3.8, 4) is 0 Å². The minimum Gasteiger partial charge on any atom is -0.361 e. The van der Waals surface area contributed by atoms with E-state index in [-0.39, 0.29) is 0 Å². The molecule has 4 rings (SSSR count). The Hall–Kier alpha value is -2.15. The number of pyridine rings is 1. The monoisotopic (exact) mass is 464 g/mol. The van der Waals surface area contributed by atoms with Crippen LogP contribution in [-0.2, 0) is 11.3 Å². The predicted molar refractivity (Wildman–Crippen MR) is 142 cm³/mol. The van der Waals surface area contributed by atoms with Gasteiger partial charge < -0.3 is 14.2 Å². The quantitative estimate of drug-likeness (QED) is 0.225. The van der Waals surface area contributed by atoms with Gasteiger partial charge in [0.25, 0.3) is 0 Å². The second kappa shape index (κ2) is 10.4. The molecular weight excluding hydrogens is 424 g/mol. The first kappa shape index (κ1) is 24.0. The second-order valence-electron chi connectivity index (χ2n) is 10.9. The van der Waals surface area contributed by atoms with Gasteiger partial charge in [-0.3, -0.25) is 4.90 Å². The lowest BCUT2D eigenvalue weighted by molar-refractivity contribution is 0.128. The maximum absolute atomic E-state index is 6.01. The van der Waals surface area contributed by atoms with Gasteiger partial charge in [-0.1, -0.05) is 56.9 Å². The first-order chi connectivity index (χ1) is 15.8. The molecule has 0 saturated carbocycles. The molecule has 0 unspecified atom stereocenters. The van der Waals surface area contributed by atoms with E-state index in [1.165, 1.54) is 29.1 Å². The van der Waals surface area contributed by atoms with E-state index in [0.29, 0.717) is 18.7 Å². The van der Waals surface area contributed by atoms with Gasteiger partial charge in [0.1, 0.15) is 12.4 Å². The van der Waals surface area contributed by atoms with Crippen LogP contribution in [0.4, 0.5) is 5.69 Å². The van der Waals surface area contributed by atoms with Crippen LogP contribution in [0, 0.1) is 5.92 Å². The third kappa shape index (κ3) is 6.05. The molecule has 0 amide bonds. The van der Waals surface area contributed by atoms with Crippen molar-refractivity contribution in [3.63, 3.8) is 0 Å². The average Bonchev–Trinajstić information content (AvgIpc) is 3.22. The largest absolute Gasteiger partial charge is 0.361 e. The van der Waals surface area contributed by atoms with Gasteiger partial charge in [-0.2, -0.15) is 0 Å². The zero-order valence-corrected chi connectivity index (χ0v) is 22.0. The SMILES string of the molecule is C[C@@H]1CCN(Cc2ccccc2)C[C@@H]1n1ccc2c(N(C)COCC[Si](C)(C)C)ccnc21. The van der Waals surface area contributed by atoms with Gasteiger partial charge in [0.2, 0.25) is 0 Å². The van der Waals surface area contributed by atoms with E-state index in [4.69, 9.17) is 9.72 Å². The van der Waals surface area contributed by atoms with E-state index in [2.05, 4.69) is 96.6 Å². The predicted octanol–water partition coefficient (Wildman–Crippen LogP) is 5.87. The molecule has 3 heterocycles. The van der Waals surface area contributed by atoms with Gasteiger partial charge in [-0.25, -0.2) is 4.98 Å². The number of anilines is 1. The van der Waals surface area contributed by atoms with Gasteiger partial charge in [0, 0.05) is 52.6 Å². The van der Waals surface area contributed by atoms with E-state index >= 15 is 0 Å². The van der Waals surface area contributed by atoms with Crippen molar-refractivity contribution in [3.05, 3.63) is 60.4 Å². The summed E-state index contributed by atoms with van der Waals surface area (Å²) >= 11 is 0. The number of ether oxygens (including phenoxy) is 1. The second-order valence-corrected chi connectivity index (χ2v) is 16.5. The molecule has 1 saturated heterocycles. The Morgan fingerprint density at radius 2 is 1.91 bits per heavy atom. The van der Waals surface area contributed by atoms with Crippen LogP contribution in [0.5, 0.6) is 0 Å². The number of aromatic nitrogens is 2. The van der Waals surface area contributed by atoms with Crippen LogP contribution in [0.15, 0.2) is 54.9 Å². The number of benzene rings is 1. The van der Waals surface area contributed by atoms with Gasteiger partial charge in [0.15, 0.2) is 0 Å². The van der Waals surface area contributed by atoms with Gasteiger partial charge in [-0.15, -0.1) is 0 Å². The Labute approximate surface area is 200 Å². The lowest BCUT2D eigenvalue weighted by Gasteiger charge is -2.38. The van der Waals surface area contributed by atoms with Crippen LogP contribution in [0.3, 0.4) is 0 Å². The first-order valence-corrected chi connectivity index (χ1v) is 16.0. The van der Waals surface area contributed by atoms with Crippen molar-refractivity contribution in [2.45, 2.75) is 51.6 Å². The Kier molecular flexibility index (Phi) is 7.57. The molecule has 1 aromatic carbocycles. The fourth-order valence-corrected chi connectivity index (χ4v) is 5.51. The Morgan fingerprint density at radius 3 is 2.67 bits per heavy atom. The molecule has 6 heteroatoms. The number of likely N-dealkylation sites (tertiary alicyclic amines) is 1. The summed E-state index contributed by atoms with van der Waals surface area (Å²) in [4.78, 5) is 9.62. The zero-order chi connectivity index (χ0) is 23.4. The summed E-state index contributed by atoms with van der Waals surface area (Å²) in [6.07, 6.45) is 5.40. The van der Waals surface area contributed by atoms with E-state index in [1.54, 1.807) is 0 Å². The minimum absolute atomic E-state index is 0.431. The molecule has 1 fully saturated rings. The average molecular weight is 465 g/mol. The molecule has 0 N–H and O–H groups in total. The van der Waals surface area contributed by atoms with Crippen LogP contribution < -0.4 is 4.90 Å². The highest BCUT2D eigenvalue weighted by atomic mass is 28.3. The third-order valence-electron chi connectivity index (χ3n) is 6.89. The summed E-state index contributed by atoms with van der Waals surface area (Å²) in [6, 6.07) is 16.8. The van der Waals surface area contributed by atoms with Crippen LogP contribution >= 0.6 is 0 Å². The summed E-state index contributed by atoms with van der Waals surface area (Å²) in [6.45, 7) is 14.2. The van der Waals surface area contributed by atoms with Gasteiger partial charge in [0.05, 0.1) is 11.7 Å². The molecule has 0 bridgehead atoms. The van der Waals surface area contributed by atoms with Gasteiger partial charge >= 0.3 is 0 Å². The van der Waals surface area contributed by atoms with Crippen molar-refractivity contribution in [2.75, 3.05) is 38.4 Å². The molecule has 5 nitrogen and oxygen atoms in total. The van der Waals surface area contributed by atoms with Crippen LogP contribution in [0.2, 0.25) is 25.7 Å². The Morgan fingerprint density at radius 1 is 1.12 bits per heavy atom. The van der Waals surface area contributed by atoms with Crippen molar-refractivity contribution >= 4 is 24.8 Å². The maximum Gasteiger partial charge on any atom is 0.142 e. The molecule has 178 valence electrons. The number of hydrogen-bond acceptors (Lipinski definition) is 4. The van der Waals surface area contributed by atoms with Gasteiger partial charge in [-0.05, 0) is 42.6 Å². The Bertz CT molecular complexity index is 1030. The number of piperidine rings is 1. The topological polar surface area (TPSA) is 33.5 Å². The number of fused-ring (bicyclic) bond motifs is 1. The van der Waals surface area contributed by atoms with Crippen LogP contribution in [0.25, 0.3) is 11.0 Å². The summed E-state index contributed by atoms with van der Waals surface area (Å²) < 4.78 is 8.43. The highest BCUT2D eigenvalue weighted by Gasteiger charge is 2.29. The highest BCUT2D eigenvalue weighted by molar-refractivity contribution is 6.76. The van der Waals surface area contributed by atoms with Crippen molar-refractivity contribution in [1.82, 2.24) is 14.5 Å². The molecule has 0 spiro atoms. The highest BCUT2D eigenvalue weighted by Crippen LogP contribution is 2.34. The molecule has 1 aliphatic rings. The summed E-state index contributed by atoms with van der Waals surface area (Å²) in [5.74, 6) is 0.626. The number of nitrogens with zero attached hydrogens (tertiary/aromatic N) is 4. The zero-order valence-electron chi connectivity index (χ0n) is 21.0. The fourth-order valence-electron chi connectivity index (χ4n) is 4.76. The molecule has 2 atom stereocenters. The Balaban J connectivity index is 1.48. The molecule has 3 aromatic rings. The lowest BCUT2D eigenvalue weighted by atomic mass is 9.93. The lowest BCUT2D eigenvalue weighted by Crippen LogP contribution is -2.40. The summed E-state index contributed by atoms with van der Waals surface area (Å²) in [5.41, 5.74) is 3.66.